The summed E-state index contributed by atoms with van der Waals surface area (Å²) in [6.07, 6.45) is 3.18. The number of carboxylic acid groups (broad SMARTS) is 1. The van der Waals surface area contributed by atoms with Gasteiger partial charge in [-0.25, -0.2) is 4.79 Å². The summed E-state index contributed by atoms with van der Waals surface area (Å²) in [6.45, 7) is 4.78. The van der Waals surface area contributed by atoms with E-state index in [2.05, 4.69) is 12.2 Å². The number of unbranched alkanes of at least 4 members (excludes halogenated alkanes) is 1. The van der Waals surface area contributed by atoms with Gasteiger partial charge < -0.3 is 19.9 Å². The first-order valence-electron chi connectivity index (χ1n) is 9.36. The zero-order chi connectivity index (χ0) is 21.2. The average Bonchev–Trinajstić information content (AvgIpc) is 2.70. The first kappa shape index (κ1) is 22.3. The van der Waals surface area contributed by atoms with Gasteiger partial charge in [0.15, 0.2) is 11.5 Å². The minimum Gasteiger partial charge on any atom is -0.490 e. The van der Waals surface area contributed by atoms with E-state index in [9.17, 15) is 14.7 Å². The van der Waals surface area contributed by atoms with Crippen molar-refractivity contribution in [1.29, 1.82) is 0 Å². The number of aliphatic carboxylic acids is 1. The molecule has 0 fully saturated rings. The molecule has 154 valence electrons. The maximum atomic E-state index is 12.3. The fourth-order valence-electron chi connectivity index (χ4n) is 2.49. The Morgan fingerprint density at radius 2 is 1.86 bits per heavy atom. The number of benzene rings is 2. The highest BCUT2D eigenvalue weighted by molar-refractivity contribution is 6.32. The summed E-state index contributed by atoms with van der Waals surface area (Å²) in [6, 6.07) is 11.6. The van der Waals surface area contributed by atoms with Crippen molar-refractivity contribution in [3.8, 4) is 11.5 Å². The highest BCUT2D eigenvalue weighted by Gasteiger charge is 2.16. The molecule has 7 heteroatoms. The van der Waals surface area contributed by atoms with Crippen molar-refractivity contribution in [3.05, 3.63) is 64.3 Å². The Morgan fingerprint density at radius 3 is 2.48 bits per heavy atom. The second kappa shape index (κ2) is 11.1. The number of carbonyl (C=O) groups excluding carboxylic acids is 1. The van der Waals surface area contributed by atoms with Crippen LogP contribution in [0.2, 0.25) is 5.02 Å². The highest BCUT2D eigenvalue weighted by atomic mass is 35.5. The predicted octanol–water partition coefficient (Wildman–Crippen LogP) is 4.77. The van der Waals surface area contributed by atoms with Crippen LogP contribution >= 0.6 is 11.6 Å². The summed E-state index contributed by atoms with van der Waals surface area (Å²) in [7, 11) is 0. The quantitative estimate of drug-likeness (QED) is 0.429. The number of halogens is 1. The van der Waals surface area contributed by atoms with Gasteiger partial charge in [0.05, 0.1) is 18.2 Å². The summed E-state index contributed by atoms with van der Waals surface area (Å²) >= 11 is 6.34. The van der Waals surface area contributed by atoms with Crippen molar-refractivity contribution >= 4 is 29.6 Å². The normalized spacial score (nSPS) is 11.1. The van der Waals surface area contributed by atoms with Crippen LogP contribution in [0.4, 0.5) is 0 Å². The van der Waals surface area contributed by atoms with E-state index in [1.807, 2.05) is 6.92 Å². The molecular formula is C22H24ClNO5. The number of nitrogens with one attached hydrogen (secondary N) is 1. The molecule has 1 amide bonds. The van der Waals surface area contributed by atoms with E-state index in [1.54, 1.807) is 42.5 Å². The topological polar surface area (TPSA) is 84.9 Å². The molecule has 6 nitrogen and oxygen atoms in total. The molecule has 0 aliphatic rings. The Labute approximate surface area is 175 Å². The van der Waals surface area contributed by atoms with Crippen LogP contribution < -0.4 is 14.8 Å². The molecule has 0 heterocycles. The minimum atomic E-state index is -1.27. The summed E-state index contributed by atoms with van der Waals surface area (Å²) in [4.78, 5) is 23.9. The monoisotopic (exact) mass is 417 g/mol. The maximum absolute atomic E-state index is 12.3. The third-order valence-corrected chi connectivity index (χ3v) is 4.18. The molecule has 0 saturated carbocycles. The molecule has 2 N–H and O–H groups in total. The Kier molecular flexibility index (Phi) is 8.55. The first-order valence-corrected chi connectivity index (χ1v) is 9.74. The summed E-state index contributed by atoms with van der Waals surface area (Å²) in [5.74, 6) is -0.952. The van der Waals surface area contributed by atoms with Crippen LogP contribution in [0, 0.1) is 0 Å². The van der Waals surface area contributed by atoms with Gasteiger partial charge in [-0.15, -0.1) is 0 Å². The average molecular weight is 418 g/mol. The lowest BCUT2D eigenvalue weighted by atomic mass is 10.1. The van der Waals surface area contributed by atoms with E-state index in [0.717, 1.165) is 12.8 Å². The number of ether oxygens (including phenoxy) is 2. The molecule has 0 unspecified atom stereocenters. The lowest BCUT2D eigenvalue weighted by Crippen LogP contribution is -2.27. The molecule has 0 bridgehead atoms. The van der Waals surface area contributed by atoms with Crippen LogP contribution in [0.5, 0.6) is 11.5 Å². The molecule has 0 radical (unpaired) electrons. The Morgan fingerprint density at radius 1 is 1.14 bits per heavy atom. The fraction of sp³-hybridized carbons (Fsp3) is 0.273. The Balaban J connectivity index is 2.32. The second-order valence-corrected chi connectivity index (χ2v) is 6.56. The van der Waals surface area contributed by atoms with E-state index in [0.29, 0.717) is 40.9 Å². The molecule has 2 aromatic carbocycles. The van der Waals surface area contributed by atoms with Gasteiger partial charge >= 0.3 is 5.97 Å². The Hall–Kier alpha value is -2.99. The lowest BCUT2D eigenvalue weighted by Gasteiger charge is -2.14. The lowest BCUT2D eigenvalue weighted by molar-refractivity contribution is -0.132. The van der Waals surface area contributed by atoms with Gasteiger partial charge in [-0.1, -0.05) is 43.1 Å². The van der Waals surface area contributed by atoms with Crippen LogP contribution in [0.3, 0.4) is 0 Å². The molecular weight excluding hydrogens is 394 g/mol. The maximum Gasteiger partial charge on any atom is 0.352 e. The van der Waals surface area contributed by atoms with Crippen molar-refractivity contribution in [1.82, 2.24) is 5.32 Å². The molecule has 0 spiro atoms. The Bertz CT molecular complexity index is 880. The van der Waals surface area contributed by atoms with Gasteiger partial charge in [0, 0.05) is 5.56 Å². The van der Waals surface area contributed by atoms with Crippen molar-refractivity contribution in [2.24, 2.45) is 0 Å². The van der Waals surface area contributed by atoms with Crippen molar-refractivity contribution < 1.29 is 24.2 Å². The van der Waals surface area contributed by atoms with Gasteiger partial charge in [-0.3, -0.25) is 4.79 Å². The molecule has 0 atom stereocenters. The van der Waals surface area contributed by atoms with Crippen LogP contribution in [0.25, 0.3) is 6.08 Å². The third kappa shape index (κ3) is 6.54. The largest absolute Gasteiger partial charge is 0.490 e. The van der Waals surface area contributed by atoms with E-state index < -0.39 is 11.9 Å². The second-order valence-electron chi connectivity index (χ2n) is 6.15. The van der Waals surface area contributed by atoms with E-state index in [1.165, 1.54) is 6.08 Å². The van der Waals surface area contributed by atoms with Crippen molar-refractivity contribution in [2.75, 3.05) is 13.2 Å². The molecule has 0 aromatic heterocycles. The SMILES string of the molecule is CCCCOc1c(Cl)cc(/C=C(/NC(=O)c2ccccc2)C(=O)O)cc1OCC. The van der Waals surface area contributed by atoms with Crippen LogP contribution in [0.15, 0.2) is 48.2 Å². The van der Waals surface area contributed by atoms with Crippen molar-refractivity contribution in [3.63, 3.8) is 0 Å². The van der Waals surface area contributed by atoms with Gasteiger partial charge in [0.1, 0.15) is 5.70 Å². The van der Waals surface area contributed by atoms with Gasteiger partial charge in [-0.05, 0) is 49.2 Å². The standard InChI is InChI=1S/C22H24ClNO5/c1-3-5-11-29-20-17(23)12-15(14-19(20)28-4-2)13-18(22(26)27)24-21(25)16-9-7-6-8-10-16/h6-10,12-14H,3-5,11H2,1-2H3,(H,24,25)(H,26,27)/b18-13+. The summed E-state index contributed by atoms with van der Waals surface area (Å²) in [5, 5.41) is 12.2. The zero-order valence-corrected chi connectivity index (χ0v) is 17.2. The number of carboxylic acids is 1. The number of hydrogen-bond acceptors (Lipinski definition) is 4. The van der Waals surface area contributed by atoms with E-state index >= 15 is 0 Å². The van der Waals surface area contributed by atoms with E-state index in [-0.39, 0.29) is 5.70 Å². The van der Waals surface area contributed by atoms with Gasteiger partial charge in [0.2, 0.25) is 0 Å². The molecule has 29 heavy (non-hydrogen) atoms. The number of rotatable bonds is 10. The molecule has 2 rings (SSSR count). The number of hydrogen-bond donors (Lipinski definition) is 2. The number of amides is 1. The molecule has 0 aliphatic carbocycles. The summed E-state index contributed by atoms with van der Waals surface area (Å²) < 4.78 is 11.3. The van der Waals surface area contributed by atoms with Crippen LogP contribution in [-0.2, 0) is 4.79 Å². The highest BCUT2D eigenvalue weighted by Crippen LogP contribution is 2.37. The predicted molar refractivity (Wildman–Crippen MR) is 113 cm³/mol. The minimum absolute atomic E-state index is 0.281. The molecule has 0 saturated heterocycles. The van der Waals surface area contributed by atoms with Crippen LogP contribution in [0.1, 0.15) is 42.6 Å². The first-order chi connectivity index (χ1) is 14.0. The van der Waals surface area contributed by atoms with Crippen LogP contribution in [-0.4, -0.2) is 30.2 Å². The molecule has 2 aromatic rings. The van der Waals surface area contributed by atoms with Crippen molar-refractivity contribution in [2.45, 2.75) is 26.7 Å². The fourth-order valence-corrected chi connectivity index (χ4v) is 2.77. The van der Waals surface area contributed by atoms with Gasteiger partial charge in [0.25, 0.3) is 5.91 Å². The van der Waals surface area contributed by atoms with Gasteiger partial charge in [-0.2, -0.15) is 0 Å². The third-order valence-electron chi connectivity index (χ3n) is 3.90. The van der Waals surface area contributed by atoms with E-state index in [4.69, 9.17) is 21.1 Å². The summed E-state index contributed by atoms with van der Waals surface area (Å²) in [5.41, 5.74) is 0.538. The number of carbonyl (C=O) groups is 2. The zero-order valence-electron chi connectivity index (χ0n) is 16.4. The molecule has 0 aliphatic heterocycles. The smallest absolute Gasteiger partial charge is 0.352 e.